The molecule has 2 amide bonds. The molecule has 0 aliphatic rings. The van der Waals surface area contributed by atoms with E-state index in [4.69, 9.17) is 0 Å². The molecule has 0 aliphatic carbocycles. The summed E-state index contributed by atoms with van der Waals surface area (Å²) in [6, 6.07) is 22.1. The zero-order chi connectivity index (χ0) is 23.4. The second-order valence-electron chi connectivity index (χ2n) is 7.98. The summed E-state index contributed by atoms with van der Waals surface area (Å²) in [5.41, 5.74) is 4.56. The van der Waals surface area contributed by atoms with Gasteiger partial charge in [0.1, 0.15) is 5.82 Å². The van der Waals surface area contributed by atoms with Gasteiger partial charge in [-0.1, -0.05) is 36.4 Å². The number of aromatic nitrogens is 2. The first-order chi connectivity index (χ1) is 15.9. The number of amides is 2. The Morgan fingerprint density at radius 3 is 2.27 bits per heavy atom. The van der Waals surface area contributed by atoms with Gasteiger partial charge >= 0.3 is 0 Å². The lowest BCUT2D eigenvalue weighted by Gasteiger charge is -2.16. The molecule has 0 unspecified atom stereocenters. The van der Waals surface area contributed by atoms with Crippen molar-refractivity contribution < 1.29 is 9.59 Å². The molecule has 1 heterocycles. The molecule has 4 aromatic rings. The van der Waals surface area contributed by atoms with E-state index in [2.05, 4.69) is 15.6 Å². The van der Waals surface area contributed by atoms with Crippen LogP contribution in [-0.4, -0.2) is 21.4 Å². The average Bonchev–Trinajstić information content (AvgIpc) is 3.26. The monoisotopic (exact) mass is 438 g/mol. The van der Waals surface area contributed by atoms with Crippen LogP contribution in [0.3, 0.4) is 0 Å². The molecular weight excluding hydrogens is 412 g/mol. The van der Waals surface area contributed by atoms with Gasteiger partial charge in [0, 0.05) is 34.9 Å². The second kappa shape index (κ2) is 9.53. The van der Waals surface area contributed by atoms with Crippen molar-refractivity contribution in [2.45, 2.75) is 26.8 Å². The van der Waals surface area contributed by atoms with Gasteiger partial charge < -0.3 is 15.2 Å². The summed E-state index contributed by atoms with van der Waals surface area (Å²) in [6.45, 7) is 5.80. The van der Waals surface area contributed by atoms with Crippen LogP contribution in [0.15, 0.2) is 85.2 Å². The number of aryl methyl sites for hydroxylation is 2. The maximum atomic E-state index is 12.9. The Balaban J connectivity index is 1.45. The number of nitrogens with one attached hydrogen (secondary N) is 2. The lowest BCUT2D eigenvalue weighted by Crippen LogP contribution is -2.27. The summed E-state index contributed by atoms with van der Waals surface area (Å²) in [5.74, 6) is 0.503. The Morgan fingerprint density at radius 2 is 1.61 bits per heavy atom. The normalized spacial score (nSPS) is 11.6. The van der Waals surface area contributed by atoms with Crippen molar-refractivity contribution in [1.29, 1.82) is 0 Å². The molecule has 6 heteroatoms. The zero-order valence-electron chi connectivity index (χ0n) is 18.9. The van der Waals surface area contributed by atoms with E-state index in [0.29, 0.717) is 16.8 Å². The number of imidazole rings is 1. The second-order valence-corrected chi connectivity index (χ2v) is 7.98. The molecule has 0 aliphatic heterocycles. The average molecular weight is 439 g/mol. The highest BCUT2D eigenvalue weighted by molar-refractivity contribution is 6.05. The molecule has 0 bridgehead atoms. The summed E-state index contributed by atoms with van der Waals surface area (Å²) in [7, 11) is 0. The third-order valence-corrected chi connectivity index (χ3v) is 5.63. The van der Waals surface area contributed by atoms with E-state index in [1.54, 1.807) is 30.5 Å². The third-order valence-electron chi connectivity index (χ3n) is 5.63. The van der Waals surface area contributed by atoms with Crippen molar-refractivity contribution in [3.8, 4) is 5.69 Å². The standard InChI is InChI=1S/C27H26N4O2/c1-18-9-10-23(17-25(18)30-26(32)22-7-5-4-6-8-22)27(33)29-19(2)21-11-13-24(14-12-21)31-16-15-28-20(31)3/h4-17,19H,1-3H3,(H,29,33)(H,30,32)/t19-/m0/s1. The van der Waals surface area contributed by atoms with Crippen molar-refractivity contribution in [2.24, 2.45) is 0 Å². The highest BCUT2D eigenvalue weighted by atomic mass is 16.2. The minimum atomic E-state index is -0.210. The molecule has 4 rings (SSSR count). The Kier molecular flexibility index (Phi) is 6.36. The predicted molar refractivity (Wildman–Crippen MR) is 130 cm³/mol. The van der Waals surface area contributed by atoms with Crippen LogP contribution in [-0.2, 0) is 0 Å². The number of carbonyl (C=O) groups excluding carboxylic acids is 2. The quantitative estimate of drug-likeness (QED) is 0.433. The highest BCUT2D eigenvalue weighted by Crippen LogP contribution is 2.20. The Labute approximate surface area is 193 Å². The van der Waals surface area contributed by atoms with Crippen molar-refractivity contribution >= 4 is 17.5 Å². The molecule has 0 spiro atoms. The fourth-order valence-electron chi connectivity index (χ4n) is 3.62. The van der Waals surface area contributed by atoms with Gasteiger partial charge in [0.15, 0.2) is 0 Å². The first-order valence-electron chi connectivity index (χ1n) is 10.8. The maximum absolute atomic E-state index is 12.9. The number of hydrogen-bond acceptors (Lipinski definition) is 3. The number of hydrogen-bond donors (Lipinski definition) is 2. The lowest BCUT2D eigenvalue weighted by atomic mass is 10.1. The zero-order valence-corrected chi connectivity index (χ0v) is 18.9. The Morgan fingerprint density at radius 1 is 0.879 bits per heavy atom. The Bertz CT molecular complexity index is 1280. The smallest absolute Gasteiger partial charge is 0.255 e. The van der Waals surface area contributed by atoms with Crippen molar-refractivity contribution in [2.75, 3.05) is 5.32 Å². The minimum absolute atomic E-state index is 0.181. The summed E-state index contributed by atoms with van der Waals surface area (Å²) in [6.07, 6.45) is 3.69. The van der Waals surface area contributed by atoms with Gasteiger partial charge in [-0.3, -0.25) is 9.59 Å². The number of nitrogens with zero attached hydrogens (tertiary/aromatic N) is 2. The fraction of sp³-hybridized carbons (Fsp3) is 0.148. The summed E-state index contributed by atoms with van der Waals surface area (Å²) in [5, 5.41) is 5.94. The van der Waals surface area contributed by atoms with E-state index in [1.807, 2.05) is 80.1 Å². The molecule has 33 heavy (non-hydrogen) atoms. The molecule has 0 saturated carbocycles. The van der Waals surface area contributed by atoms with Crippen LogP contribution in [0.4, 0.5) is 5.69 Å². The largest absolute Gasteiger partial charge is 0.346 e. The number of benzene rings is 3. The van der Waals surface area contributed by atoms with E-state index in [-0.39, 0.29) is 17.9 Å². The molecule has 1 atom stereocenters. The van der Waals surface area contributed by atoms with E-state index in [0.717, 1.165) is 22.6 Å². The number of anilines is 1. The Hall–Kier alpha value is -4.19. The van der Waals surface area contributed by atoms with Gasteiger partial charge in [0.2, 0.25) is 0 Å². The van der Waals surface area contributed by atoms with E-state index in [9.17, 15) is 9.59 Å². The van der Waals surface area contributed by atoms with Gasteiger partial charge in [-0.25, -0.2) is 4.98 Å². The molecular formula is C27H26N4O2. The van der Waals surface area contributed by atoms with E-state index in [1.165, 1.54) is 0 Å². The molecule has 166 valence electrons. The first-order valence-corrected chi connectivity index (χ1v) is 10.8. The van der Waals surface area contributed by atoms with Crippen LogP contribution < -0.4 is 10.6 Å². The number of carbonyl (C=O) groups is 2. The molecule has 0 radical (unpaired) electrons. The summed E-state index contributed by atoms with van der Waals surface area (Å²) in [4.78, 5) is 29.7. The molecule has 0 saturated heterocycles. The van der Waals surface area contributed by atoms with Crippen LogP contribution in [0.25, 0.3) is 5.69 Å². The minimum Gasteiger partial charge on any atom is -0.346 e. The van der Waals surface area contributed by atoms with Crippen LogP contribution in [0.5, 0.6) is 0 Å². The molecule has 3 aromatic carbocycles. The SMILES string of the molecule is Cc1ccc(C(=O)N[C@@H](C)c2ccc(-n3ccnc3C)cc2)cc1NC(=O)c1ccccc1. The number of rotatable bonds is 6. The van der Waals surface area contributed by atoms with Gasteiger partial charge in [0.05, 0.1) is 6.04 Å². The fourth-order valence-corrected chi connectivity index (χ4v) is 3.62. The molecule has 1 aromatic heterocycles. The van der Waals surface area contributed by atoms with Crippen molar-refractivity contribution in [3.63, 3.8) is 0 Å². The summed E-state index contributed by atoms with van der Waals surface area (Å²) < 4.78 is 2.00. The van der Waals surface area contributed by atoms with Crippen LogP contribution in [0.2, 0.25) is 0 Å². The first kappa shape index (κ1) is 22.0. The van der Waals surface area contributed by atoms with E-state index < -0.39 is 0 Å². The molecule has 6 nitrogen and oxygen atoms in total. The van der Waals surface area contributed by atoms with Crippen molar-refractivity contribution in [3.05, 3.63) is 113 Å². The van der Waals surface area contributed by atoms with Crippen molar-refractivity contribution in [1.82, 2.24) is 14.9 Å². The predicted octanol–water partition coefficient (Wildman–Crippen LogP) is 5.23. The van der Waals surface area contributed by atoms with Crippen LogP contribution in [0, 0.1) is 13.8 Å². The highest BCUT2D eigenvalue weighted by Gasteiger charge is 2.14. The molecule has 0 fully saturated rings. The van der Waals surface area contributed by atoms with Gasteiger partial charge in [-0.05, 0) is 68.3 Å². The lowest BCUT2D eigenvalue weighted by molar-refractivity contribution is 0.0938. The summed E-state index contributed by atoms with van der Waals surface area (Å²) >= 11 is 0. The van der Waals surface area contributed by atoms with E-state index >= 15 is 0 Å². The topological polar surface area (TPSA) is 76.0 Å². The third kappa shape index (κ3) is 5.01. The maximum Gasteiger partial charge on any atom is 0.255 e. The van der Waals surface area contributed by atoms with Crippen LogP contribution in [0.1, 0.15) is 50.6 Å². The van der Waals surface area contributed by atoms with Gasteiger partial charge in [-0.15, -0.1) is 0 Å². The molecule has 2 N–H and O–H groups in total. The van der Waals surface area contributed by atoms with Gasteiger partial charge in [0.25, 0.3) is 11.8 Å². The van der Waals surface area contributed by atoms with Crippen LogP contribution >= 0.6 is 0 Å². The van der Waals surface area contributed by atoms with Gasteiger partial charge in [-0.2, -0.15) is 0 Å².